The molecule has 0 radical (unpaired) electrons. The van der Waals surface area contributed by atoms with Gasteiger partial charge in [-0.25, -0.2) is 0 Å². The van der Waals surface area contributed by atoms with Gasteiger partial charge in [0, 0.05) is 6.42 Å². The number of hydrogen-bond acceptors (Lipinski definition) is 8. The molecule has 1 aliphatic heterocycles. The fraction of sp³-hybridized carbons (Fsp3) is 0.843. The molecule has 0 aliphatic carbocycles. The second-order valence-electron chi connectivity index (χ2n) is 23.6. The number of unbranched alkanes of at least 4 members (excludes halogenated alkanes) is 41. The zero-order valence-corrected chi connectivity index (χ0v) is 51.6. The molecule has 1 rings (SSSR count). The van der Waals surface area contributed by atoms with Gasteiger partial charge in [-0.15, -0.1) is 0 Å². The number of aliphatic hydroxyl groups excluding tert-OH is 5. The summed E-state index contributed by atoms with van der Waals surface area (Å²) in [7, 11) is 0. The monoisotopic (exact) mass is 1110 g/mol. The Hall–Kier alpha value is -2.11. The average molecular weight is 1110 g/mol. The Labute approximate surface area is 487 Å². The number of allylic oxidation sites excluding steroid dienone is 9. The summed E-state index contributed by atoms with van der Waals surface area (Å²) >= 11 is 0. The fourth-order valence-corrected chi connectivity index (χ4v) is 10.7. The molecule has 0 aromatic carbocycles. The predicted molar refractivity (Wildman–Crippen MR) is 336 cm³/mol. The SMILES string of the molecule is CCCCCCC/C=C\C/C=C\CCCCCCCCCCCCCCCCCCCCCCCCCCCCCC(=O)NC(COC1OC(CO)C(O)C(O)C1O)C(O)/C=C/CC/C=C/CC/C=C/CCCCCCCCC. The van der Waals surface area contributed by atoms with Gasteiger partial charge >= 0.3 is 0 Å². The molecule has 1 fully saturated rings. The van der Waals surface area contributed by atoms with E-state index in [1.54, 1.807) is 6.08 Å². The van der Waals surface area contributed by atoms with Crippen LogP contribution in [0.4, 0.5) is 0 Å². The summed E-state index contributed by atoms with van der Waals surface area (Å²) in [5.41, 5.74) is 0. The third kappa shape index (κ3) is 48.0. The van der Waals surface area contributed by atoms with Crippen molar-refractivity contribution >= 4 is 5.91 Å². The lowest BCUT2D eigenvalue weighted by Gasteiger charge is -2.40. The average Bonchev–Trinajstić information content (AvgIpc) is 3.48. The molecule has 7 unspecified atom stereocenters. The highest BCUT2D eigenvalue weighted by atomic mass is 16.7. The summed E-state index contributed by atoms with van der Waals surface area (Å²) in [5, 5.41) is 54.6. The van der Waals surface area contributed by atoms with E-state index in [-0.39, 0.29) is 12.5 Å². The Kier molecular flexibility index (Phi) is 56.0. The fourth-order valence-electron chi connectivity index (χ4n) is 10.7. The van der Waals surface area contributed by atoms with E-state index in [2.05, 4.69) is 67.8 Å². The molecule has 0 saturated carbocycles. The normalized spacial score (nSPS) is 18.9. The van der Waals surface area contributed by atoms with E-state index >= 15 is 0 Å². The highest BCUT2D eigenvalue weighted by Crippen LogP contribution is 2.23. The van der Waals surface area contributed by atoms with Gasteiger partial charge < -0.3 is 40.3 Å². The molecule has 0 aromatic rings. The Morgan fingerprint density at radius 3 is 1.14 bits per heavy atom. The summed E-state index contributed by atoms with van der Waals surface area (Å²) in [5.74, 6) is -0.186. The van der Waals surface area contributed by atoms with Gasteiger partial charge in [-0.3, -0.25) is 4.79 Å². The van der Waals surface area contributed by atoms with Crippen LogP contribution in [0.1, 0.15) is 322 Å². The van der Waals surface area contributed by atoms with Crippen LogP contribution in [-0.2, 0) is 14.3 Å². The second-order valence-corrected chi connectivity index (χ2v) is 23.6. The smallest absolute Gasteiger partial charge is 0.220 e. The first-order valence-electron chi connectivity index (χ1n) is 34.0. The number of nitrogens with one attached hydrogen (secondary N) is 1. The first-order valence-corrected chi connectivity index (χ1v) is 34.0. The molecule has 9 heteroatoms. The van der Waals surface area contributed by atoms with Gasteiger partial charge in [-0.1, -0.05) is 299 Å². The molecule has 0 bridgehead atoms. The molecule has 7 atom stereocenters. The van der Waals surface area contributed by atoms with E-state index in [4.69, 9.17) is 9.47 Å². The molecule has 9 nitrogen and oxygen atoms in total. The largest absolute Gasteiger partial charge is 0.394 e. The standard InChI is InChI=1S/C70H129NO8/c1-3-5-7-9-11-13-15-17-19-21-22-23-24-25-26-27-28-29-30-31-32-33-34-35-36-37-38-39-40-41-42-44-46-48-50-52-54-56-58-60-66(74)71-63(62-78-70-69(77)68(76)67(75)65(61-72)79-70)64(73)59-57-55-53-51-49-47-45-43-20-18-16-14-12-10-8-6-4-2/h15,17,20-22,43,49,51,57,59,63-65,67-70,72-73,75-77H,3-14,16,18-19,23-42,44-48,50,52-56,58,60-62H2,1-2H3,(H,71,74)/b17-15-,22-21-,43-20+,51-49+,59-57+. The van der Waals surface area contributed by atoms with Gasteiger partial charge in [-0.05, 0) is 77.0 Å². The zero-order chi connectivity index (χ0) is 57.2. The molecular weight excluding hydrogens is 983 g/mol. The summed E-state index contributed by atoms with van der Waals surface area (Å²) in [6.45, 7) is 3.76. The second kappa shape index (κ2) is 59.1. The van der Waals surface area contributed by atoms with Crippen LogP contribution in [0.3, 0.4) is 0 Å². The van der Waals surface area contributed by atoms with E-state index in [0.29, 0.717) is 6.42 Å². The lowest BCUT2D eigenvalue weighted by molar-refractivity contribution is -0.302. The first-order chi connectivity index (χ1) is 38.8. The first kappa shape index (κ1) is 74.9. The Morgan fingerprint density at radius 1 is 0.430 bits per heavy atom. The van der Waals surface area contributed by atoms with Crippen molar-refractivity contribution < 1.29 is 39.8 Å². The molecular formula is C70H129NO8. The Bertz CT molecular complexity index is 1430. The minimum Gasteiger partial charge on any atom is -0.394 e. The molecule has 6 N–H and O–H groups in total. The minimum atomic E-state index is -1.58. The van der Waals surface area contributed by atoms with Crippen LogP contribution in [0.2, 0.25) is 0 Å². The molecule has 1 amide bonds. The van der Waals surface area contributed by atoms with Gasteiger partial charge in [0.25, 0.3) is 0 Å². The molecule has 1 aliphatic rings. The molecule has 0 spiro atoms. The summed E-state index contributed by atoms with van der Waals surface area (Å²) < 4.78 is 11.3. The third-order valence-electron chi connectivity index (χ3n) is 16.0. The number of ether oxygens (including phenoxy) is 2. The van der Waals surface area contributed by atoms with Gasteiger partial charge in [0.1, 0.15) is 24.4 Å². The van der Waals surface area contributed by atoms with E-state index in [1.165, 1.54) is 250 Å². The van der Waals surface area contributed by atoms with E-state index in [1.807, 2.05) is 6.08 Å². The Morgan fingerprint density at radius 2 is 0.759 bits per heavy atom. The number of carbonyl (C=O) groups is 1. The van der Waals surface area contributed by atoms with Crippen molar-refractivity contribution in [1.82, 2.24) is 5.32 Å². The summed E-state index contributed by atoms with van der Waals surface area (Å²) in [4.78, 5) is 13.1. The van der Waals surface area contributed by atoms with Crippen LogP contribution in [0.15, 0.2) is 60.8 Å². The van der Waals surface area contributed by atoms with Crippen molar-refractivity contribution in [3.63, 3.8) is 0 Å². The van der Waals surface area contributed by atoms with Crippen LogP contribution in [0.5, 0.6) is 0 Å². The maximum absolute atomic E-state index is 13.1. The molecule has 1 heterocycles. The van der Waals surface area contributed by atoms with Crippen LogP contribution in [0.25, 0.3) is 0 Å². The molecule has 0 aromatic heterocycles. The maximum Gasteiger partial charge on any atom is 0.220 e. The van der Waals surface area contributed by atoms with Gasteiger partial charge in [-0.2, -0.15) is 0 Å². The van der Waals surface area contributed by atoms with Gasteiger partial charge in [0.2, 0.25) is 5.91 Å². The molecule has 79 heavy (non-hydrogen) atoms. The van der Waals surface area contributed by atoms with E-state index < -0.39 is 49.5 Å². The number of rotatable bonds is 59. The van der Waals surface area contributed by atoms with E-state index in [9.17, 15) is 30.3 Å². The number of carbonyl (C=O) groups excluding carboxylic acids is 1. The lowest BCUT2D eigenvalue weighted by atomic mass is 9.99. The van der Waals surface area contributed by atoms with Crippen LogP contribution in [-0.4, -0.2) is 87.5 Å². The van der Waals surface area contributed by atoms with Crippen molar-refractivity contribution in [3.8, 4) is 0 Å². The van der Waals surface area contributed by atoms with Crippen LogP contribution >= 0.6 is 0 Å². The maximum atomic E-state index is 13.1. The van der Waals surface area contributed by atoms with Crippen LogP contribution < -0.4 is 5.32 Å². The number of amides is 1. The summed E-state index contributed by atoms with van der Waals surface area (Å²) in [6.07, 6.45) is 74.8. The van der Waals surface area contributed by atoms with Crippen molar-refractivity contribution in [2.45, 2.75) is 365 Å². The highest BCUT2D eigenvalue weighted by Gasteiger charge is 2.44. The van der Waals surface area contributed by atoms with Gasteiger partial charge in [0.05, 0.1) is 25.4 Å². The minimum absolute atomic E-state index is 0.186. The number of aliphatic hydroxyl groups is 5. The van der Waals surface area contributed by atoms with Crippen LogP contribution in [0, 0.1) is 0 Å². The summed E-state index contributed by atoms with van der Waals surface area (Å²) in [6, 6.07) is -0.828. The van der Waals surface area contributed by atoms with Crippen molar-refractivity contribution in [3.05, 3.63) is 60.8 Å². The topological polar surface area (TPSA) is 149 Å². The quantitative estimate of drug-likeness (QED) is 0.0261. The third-order valence-corrected chi connectivity index (χ3v) is 16.0. The zero-order valence-electron chi connectivity index (χ0n) is 51.6. The molecule has 462 valence electrons. The van der Waals surface area contributed by atoms with Crippen molar-refractivity contribution in [2.24, 2.45) is 0 Å². The number of hydrogen-bond donors (Lipinski definition) is 6. The van der Waals surface area contributed by atoms with Crippen molar-refractivity contribution in [1.29, 1.82) is 0 Å². The Balaban J connectivity index is 2.06. The predicted octanol–water partition coefficient (Wildman–Crippen LogP) is 18.2. The van der Waals surface area contributed by atoms with Gasteiger partial charge in [0.15, 0.2) is 6.29 Å². The molecule has 1 saturated heterocycles. The van der Waals surface area contributed by atoms with E-state index in [0.717, 1.165) is 51.4 Å². The van der Waals surface area contributed by atoms with Crippen molar-refractivity contribution in [2.75, 3.05) is 13.2 Å². The lowest BCUT2D eigenvalue weighted by Crippen LogP contribution is -2.60. The highest BCUT2D eigenvalue weighted by molar-refractivity contribution is 5.76.